The lowest BCUT2D eigenvalue weighted by Crippen LogP contribution is -2.21. The highest BCUT2D eigenvalue weighted by Crippen LogP contribution is 2.23. The Balaban J connectivity index is 3.01. The second-order valence-electron chi connectivity index (χ2n) is 3.34. The maximum absolute atomic E-state index is 13.5. The molecule has 0 amide bonds. The minimum atomic E-state index is -0.670. The van der Waals surface area contributed by atoms with E-state index in [-0.39, 0.29) is 10.6 Å². The van der Waals surface area contributed by atoms with Gasteiger partial charge in [-0.05, 0) is 25.1 Å². The summed E-state index contributed by atoms with van der Waals surface area (Å²) in [6.07, 6.45) is 6.12. The summed E-state index contributed by atoms with van der Waals surface area (Å²) in [7, 11) is 0. The summed E-state index contributed by atoms with van der Waals surface area (Å²) >= 11 is 5.45. The molecule has 0 aliphatic heterocycles. The lowest BCUT2D eigenvalue weighted by Gasteiger charge is -2.14. The lowest BCUT2D eigenvalue weighted by atomic mass is 10.1. The molecule has 0 spiro atoms. The summed E-state index contributed by atoms with van der Waals surface area (Å²) in [4.78, 5) is 0. The van der Waals surface area contributed by atoms with Gasteiger partial charge >= 0.3 is 0 Å². The van der Waals surface area contributed by atoms with E-state index in [1.165, 1.54) is 0 Å². The molecule has 1 aromatic rings. The molecular formula is C12H12ClF2N. The van der Waals surface area contributed by atoms with Gasteiger partial charge in [0, 0.05) is 5.56 Å². The van der Waals surface area contributed by atoms with Gasteiger partial charge in [-0.2, -0.15) is 0 Å². The Morgan fingerprint density at radius 3 is 2.69 bits per heavy atom. The summed E-state index contributed by atoms with van der Waals surface area (Å²) in [6.45, 7) is 2.60. The normalized spacial score (nSPS) is 12.2. The quantitative estimate of drug-likeness (QED) is 0.632. The van der Waals surface area contributed by atoms with Crippen LogP contribution in [0.25, 0.3) is 0 Å². The predicted octanol–water partition coefficient (Wildman–Crippen LogP) is 3.29. The van der Waals surface area contributed by atoms with Crippen molar-refractivity contribution in [3.05, 3.63) is 34.4 Å². The predicted molar refractivity (Wildman–Crippen MR) is 61.2 cm³/mol. The highest BCUT2D eigenvalue weighted by molar-refractivity contribution is 6.30. The Morgan fingerprint density at radius 2 is 2.12 bits per heavy atom. The topological polar surface area (TPSA) is 12.0 Å². The van der Waals surface area contributed by atoms with Crippen molar-refractivity contribution in [2.45, 2.75) is 19.4 Å². The summed E-state index contributed by atoms with van der Waals surface area (Å²) < 4.78 is 26.7. The van der Waals surface area contributed by atoms with E-state index in [0.29, 0.717) is 6.54 Å². The van der Waals surface area contributed by atoms with Crippen LogP contribution in [0.1, 0.15) is 24.9 Å². The van der Waals surface area contributed by atoms with Crippen LogP contribution in [-0.2, 0) is 0 Å². The molecule has 4 heteroatoms. The first-order valence-electron chi connectivity index (χ1n) is 4.94. The molecule has 0 saturated heterocycles. The van der Waals surface area contributed by atoms with E-state index in [4.69, 9.17) is 18.0 Å². The van der Waals surface area contributed by atoms with Crippen LogP contribution in [0.5, 0.6) is 0 Å². The zero-order chi connectivity index (χ0) is 12.1. The molecule has 0 heterocycles. The van der Waals surface area contributed by atoms with Crippen LogP contribution < -0.4 is 5.32 Å². The van der Waals surface area contributed by atoms with Crippen molar-refractivity contribution in [3.63, 3.8) is 0 Å². The molecule has 16 heavy (non-hydrogen) atoms. The zero-order valence-electron chi connectivity index (χ0n) is 8.86. The molecule has 0 fully saturated rings. The van der Waals surface area contributed by atoms with E-state index in [9.17, 15) is 8.78 Å². The van der Waals surface area contributed by atoms with Gasteiger partial charge in [-0.25, -0.2) is 8.78 Å². The molecule has 1 atom stereocenters. The van der Waals surface area contributed by atoms with Crippen molar-refractivity contribution in [2.75, 3.05) is 6.54 Å². The smallest absolute Gasteiger partial charge is 0.142 e. The average molecular weight is 244 g/mol. The number of hydrogen-bond acceptors (Lipinski definition) is 1. The van der Waals surface area contributed by atoms with Crippen molar-refractivity contribution < 1.29 is 8.78 Å². The van der Waals surface area contributed by atoms with Gasteiger partial charge in [0.25, 0.3) is 0 Å². The van der Waals surface area contributed by atoms with Gasteiger partial charge in [-0.1, -0.05) is 24.4 Å². The molecule has 0 aromatic heterocycles. The number of hydrogen-bond donors (Lipinski definition) is 1. The van der Waals surface area contributed by atoms with Crippen LogP contribution in [0.15, 0.2) is 12.1 Å². The maximum Gasteiger partial charge on any atom is 0.142 e. The first-order valence-corrected chi connectivity index (χ1v) is 5.31. The third kappa shape index (κ3) is 2.94. The Labute approximate surface area is 98.8 Å². The molecule has 1 rings (SSSR count). The van der Waals surface area contributed by atoms with Gasteiger partial charge < -0.3 is 0 Å². The summed E-state index contributed by atoms with van der Waals surface area (Å²) in [5.41, 5.74) is 0.109. The first-order chi connectivity index (χ1) is 7.60. The van der Waals surface area contributed by atoms with Crippen LogP contribution >= 0.6 is 11.6 Å². The van der Waals surface area contributed by atoms with Crippen molar-refractivity contribution >= 4 is 11.6 Å². The first kappa shape index (κ1) is 13.0. The monoisotopic (exact) mass is 243 g/mol. The molecule has 86 valence electrons. The molecule has 1 nitrogen and oxygen atoms in total. The van der Waals surface area contributed by atoms with Crippen LogP contribution in [0.4, 0.5) is 8.78 Å². The Hall–Kier alpha value is -1.11. The summed E-state index contributed by atoms with van der Waals surface area (Å²) in [5, 5.41) is 2.69. The minimum Gasteiger partial charge on any atom is -0.300 e. The average Bonchev–Trinajstić information content (AvgIpc) is 2.26. The van der Waals surface area contributed by atoms with Gasteiger partial charge in [0.1, 0.15) is 11.6 Å². The SMILES string of the molecule is C#CC(NCCC)c1cc(F)c(Cl)cc1F. The van der Waals surface area contributed by atoms with E-state index >= 15 is 0 Å². The van der Waals surface area contributed by atoms with Gasteiger partial charge in [0.05, 0.1) is 11.1 Å². The van der Waals surface area contributed by atoms with Crippen LogP contribution in [0.2, 0.25) is 5.02 Å². The number of rotatable bonds is 4. The highest BCUT2D eigenvalue weighted by atomic mass is 35.5. The fourth-order valence-electron chi connectivity index (χ4n) is 1.31. The third-order valence-corrected chi connectivity index (χ3v) is 2.41. The van der Waals surface area contributed by atoms with Gasteiger partial charge in [-0.3, -0.25) is 5.32 Å². The molecule has 0 aliphatic rings. The molecular weight excluding hydrogens is 232 g/mol. The fraction of sp³-hybridized carbons (Fsp3) is 0.333. The standard InChI is InChI=1S/C12H12ClF2N/c1-3-5-16-12(4-2)8-6-11(15)9(13)7-10(8)14/h2,6-7,12,16H,3,5H2,1H3. The molecule has 0 saturated carbocycles. The van der Waals surface area contributed by atoms with Crippen molar-refractivity contribution in [3.8, 4) is 12.3 Å². The molecule has 1 N–H and O–H groups in total. The lowest BCUT2D eigenvalue weighted by molar-refractivity contribution is 0.549. The van der Waals surface area contributed by atoms with E-state index in [0.717, 1.165) is 18.6 Å². The van der Waals surface area contributed by atoms with Crippen LogP contribution in [-0.4, -0.2) is 6.54 Å². The van der Waals surface area contributed by atoms with Gasteiger partial charge in [-0.15, -0.1) is 6.42 Å². The van der Waals surface area contributed by atoms with Crippen molar-refractivity contribution in [1.29, 1.82) is 0 Å². The number of terminal acetylenes is 1. The molecule has 0 aliphatic carbocycles. The second kappa shape index (κ2) is 5.83. The Kier molecular flexibility index (Phi) is 4.72. The van der Waals surface area contributed by atoms with Crippen molar-refractivity contribution in [1.82, 2.24) is 5.32 Å². The molecule has 0 radical (unpaired) electrons. The van der Waals surface area contributed by atoms with E-state index < -0.39 is 17.7 Å². The molecule has 0 bridgehead atoms. The number of benzene rings is 1. The van der Waals surface area contributed by atoms with E-state index in [1.807, 2.05) is 6.92 Å². The van der Waals surface area contributed by atoms with E-state index in [1.54, 1.807) is 0 Å². The summed E-state index contributed by atoms with van der Waals surface area (Å²) in [6, 6.07) is 1.33. The Bertz CT molecular complexity index is 412. The second-order valence-corrected chi connectivity index (χ2v) is 3.75. The minimum absolute atomic E-state index is 0.109. The van der Waals surface area contributed by atoms with E-state index in [2.05, 4.69) is 11.2 Å². The Morgan fingerprint density at radius 1 is 1.44 bits per heavy atom. The summed E-state index contributed by atoms with van der Waals surface area (Å²) in [5.74, 6) is 1.11. The van der Waals surface area contributed by atoms with Crippen LogP contribution in [0.3, 0.4) is 0 Å². The third-order valence-electron chi connectivity index (χ3n) is 2.12. The molecule has 1 unspecified atom stereocenters. The largest absolute Gasteiger partial charge is 0.300 e. The maximum atomic E-state index is 13.5. The zero-order valence-corrected chi connectivity index (χ0v) is 9.61. The number of halogens is 3. The van der Waals surface area contributed by atoms with Gasteiger partial charge in [0.2, 0.25) is 0 Å². The van der Waals surface area contributed by atoms with Crippen LogP contribution in [0, 0.1) is 24.0 Å². The highest BCUT2D eigenvalue weighted by Gasteiger charge is 2.15. The molecule has 1 aromatic carbocycles. The number of nitrogens with one attached hydrogen (secondary N) is 1. The van der Waals surface area contributed by atoms with Gasteiger partial charge in [0.15, 0.2) is 0 Å². The fourth-order valence-corrected chi connectivity index (χ4v) is 1.46. The van der Waals surface area contributed by atoms with Crippen molar-refractivity contribution in [2.24, 2.45) is 0 Å².